The van der Waals surface area contributed by atoms with Crippen molar-refractivity contribution in [3.8, 4) is 11.5 Å². The molecule has 3 rings (SSSR count). The number of carbonyl (C=O) groups excluding carboxylic acids is 1. The van der Waals surface area contributed by atoms with Gasteiger partial charge >= 0.3 is 0 Å². The topological polar surface area (TPSA) is 62.7 Å². The molecule has 1 fully saturated rings. The van der Waals surface area contributed by atoms with E-state index in [-0.39, 0.29) is 24.3 Å². The van der Waals surface area contributed by atoms with E-state index in [9.17, 15) is 9.90 Å². The van der Waals surface area contributed by atoms with Crippen LogP contribution < -0.4 is 4.74 Å². The van der Waals surface area contributed by atoms with Crippen LogP contribution in [0.25, 0.3) is 0 Å². The van der Waals surface area contributed by atoms with Crippen LogP contribution in [0.1, 0.15) is 11.0 Å². The van der Waals surface area contributed by atoms with Crippen LogP contribution in [0.5, 0.6) is 11.5 Å². The van der Waals surface area contributed by atoms with Crippen LogP contribution in [-0.4, -0.2) is 45.6 Å². The van der Waals surface area contributed by atoms with E-state index in [2.05, 4.69) is 4.98 Å². The molecule has 0 spiro atoms. The molecule has 7 heteroatoms. The summed E-state index contributed by atoms with van der Waals surface area (Å²) in [5.41, 5.74) is 0. The Bertz CT molecular complexity index is 633. The first kappa shape index (κ1) is 15.2. The molecule has 1 aliphatic heterocycles. The number of amides is 1. The highest BCUT2D eigenvalue weighted by atomic mass is 32.2. The lowest BCUT2D eigenvalue weighted by molar-refractivity contribution is -0.135. The van der Waals surface area contributed by atoms with Crippen molar-refractivity contribution >= 4 is 29.0 Å². The van der Waals surface area contributed by atoms with Gasteiger partial charge in [-0.1, -0.05) is 12.1 Å². The summed E-state index contributed by atoms with van der Waals surface area (Å²) in [6, 6.07) is 6.67. The predicted molar refractivity (Wildman–Crippen MR) is 87.5 cm³/mol. The number of aromatic hydroxyl groups is 1. The maximum Gasteiger partial charge on any atom is 0.261 e. The number of para-hydroxylation sites is 2. The Morgan fingerprint density at radius 2 is 2.32 bits per heavy atom. The number of hydrogen-bond donors (Lipinski definition) is 1. The van der Waals surface area contributed by atoms with Gasteiger partial charge in [0.05, 0.1) is 6.04 Å². The predicted octanol–water partition coefficient (Wildman–Crippen LogP) is 2.54. The second-order valence-electron chi connectivity index (χ2n) is 4.80. The summed E-state index contributed by atoms with van der Waals surface area (Å²) < 4.78 is 5.45. The van der Waals surface area contributed by atoms with E-state index in [0.29, 0.717) is 12.3 Å². The van der Waals surface area contributed by atoms with E-state index in [1.807, 2.05) is 22.0 Å². The Hall–Kier alpha value is -1.73. The smallest absolute Gasteiger partial charge is 0.261 e. The molecule has 2 heterocycles. The molecule has 5 nitrogen and oxygen atoms in total. The number of carbonyl (C=O) groups is 1. The van der Waals surface area contributed by atoms with E-state index < -0.39 is 0 Å². The van der Waals surface area contributed by atoms with E-state index in [4.69, 9.17) is 4.74 Å². The van der Waals surface area contributed by atoms with E-state index >= 15 is 0 Å². The third kappa shape index (κ3) is 3.36. The maximum atomic E-state index is 12.5. The van der Waals surface area contributed by atoms with Gasteiger partial charge in [0.1, 0.15) is 5.01 Å². The van der Waals surface area contributed by atoms with Gasteiger partial charge in [-0.25, -0.2) is 4.98 Å². The number of hydrogen-bond acceptors (Lipinski definition) is 6. The molecule has 1 aromatic heterocycles. The molecular weight excluding hydrogens is 320 g/mol. The summed E-state index contributed by atoms with van der Waals surface area (Å²) in [4.78, 5) is 18.6. The summed E-state index contributed by atoms with van der Waals surface area (Å²) in [6.07, 6.45) is 1.76. The highest BCUT2D eigenvalue weighted by Crippen LogP contribution is 2.31. The minimum absolute atomic E-state index is 0.0132. The number of phenols is 1. The first-order chi connectivity index (χ1) is 10.8. The summed E-state index contributed by atoms with van der Waals surface area (Å²) in [7, 11) is 0. The molecule has 0 radical (unpaired) electrons. The molecule has 1 atom stereocenters. The maximum absolute atomic E-state index is 12.5. The number of ether oxygens (including phenoxy) is 1. The SMILES string of the molecule is O=C(COc1ccccc1O)N1CCSC[C@@H]1c1nccs1. The lowest BCUT2D eigenvalue weighted by Gasteiger charge is -2.34. The van der Waals surface area contributed by atoms with Crippen LogP contribution >= 0.6 is 23.1 Å². The monoisotopic (exact) mass is 336 g/mol. The van der Waals surface area contributed by atoms with Crippen molar-refractivity contribution in [2.75, 3.05) is 24.7 Å². The molecule has 2 aromatic rings. The van der Waals surface area contributed by atoms with Crippen LogP contribution in [0.3, 0.4) is 0 Å². The minimum atomic E-state index is -0.0799. The second-order valence-corrected chi connectivity index (χ2v) is 6.88. The van der Waals surface area contributed by atoms with Gasteiger partial charge in [0, 0.05) is 29.6 Å². The summed E-state index contributed by atoms with van der Waals surface area (Å²) in [6.45, 7) is 0.613. The Kier molecular flexibility index (Phi) is 4.84. The Balaban J connectivity index is 1.66. The first-order valence-corrected chi connectivity index (χ1v) is 8.96. The van der Waals surface area contributed by atoms with Crippen molar-refractivity contribution in [3.63, 3.8) is 0 Å². The van der Waals surface area contributed by atoms with Gasteiger partial charge in [0.25, 0.3) is 5.91 Å². The molecule has 1 saturated heterocycles. The molecule has 116 valence electrons. The van der Waals surface area contributed by atoms with Gasteiger partial charge in [0.2, 0.25) is 0 Å². The Morgan fingerprint density at radius 1 is 1.45 bits per heavy atom. The summed E-state index contributed by atoms with van der Waals surface area (Å²) >= 11 is 3.40. The number of thioether (sulfide) groups is 1. The third-order valence-electron chi connectivity index (χ3n) is 3.40. The molecule has 0 bridgehead atoms. The number of aromatic nitrogens is 1. The Morgan fingerprint density at radius 3 is 3.09 bits per heavy atom. The fourth-order valence-corrected chi connectivity index (χ4v) is 4.22. The zero-order valence-corrected chi connectivity index (χ0v) is 13.5. The lowest BCUT2D eigenvalue weighted by atomic mass is 10.2. The van der Waals surface area contributed by atoms with E-state index in [1.54, 1.807) is 35.7 Å². The molecule has 0 unspecified atom stereocenters. The van der Waals surface area contributed by atoms with Crippen LogP contribution in [0, 0.1) is 0 Å². The van der Waals surface area contributed by atoms with Crippen molar-refractivity contribution in [1.82, 2.24) is 9.88 Å². The number of rotatable bonds is 4. The largest absolute Gasteiger partial charge is 0.504 e. The van der Waals surface area contributed by atoms with Crippen LogP contribution in [-0.2, 0) is 4.79 Å². The molecule has 22 heavy (non-hydrogen) atoms. The van der Waals surface area contributed by atoms with Crippen LogP contribution in [0.4, 0.5) is 0 Å². The van der Waals surface area contributed by atoms with Crippen molar-refractivity contribution in [1.29, 1.82) is 0 Å². The molecular formula is C15H16N2O3S2. The highest BCUT2D eigenvalue weighted by molar-refractivity contribution is 7.99. The lowest BCUT2D eigenvalue weighted by Crippen LogP contribution is -2.43. The average molecular weight is 336 g/mol. The zero-order chi connectivity index (χ0) is 15.4. The normalized spacial score (nSPS) is 18.2. The van der Waals surface area contributed by atoms with Gasteiger partial charge < -0.3 is 14.7 Å². The second kappa shape index (κ2) is 7.02. The quantitative estimate of drug-likeness (QED) is 0.930. The highest BCUT2D eigenvalue weighted by Gasteiger charge is 2.30. The number of thiazole rings is 1. The molecule has 1 N–H and O–H groups in total. The summed E-state index contributed by atoms with van der Waals surface area (Å²) in [5.74, 6) is 2.07. The van der Waals surface area contributed by atoms with Gasteiger partial charge in [-0.05, 0) is 12.1 Å². The fraction of sp³-hybridized carbons (Fsp3) is 0.333. The number of benzene rings is 1. The minimum Gasteiger partial charge on any atom is -0.504 e. The Labute approximate surface area is 136 Å². The summed E-state index contributed by atoms with van der Waals surface area (Å²) in [5, 5.41) is 12.6. The average Bonchev–Trinajstić information content (AvgIpc) is 3.08. The van der Waals surface area contributed by atoms with Gasteiger partial charge in [-0.2, -0.15) is 11.8 Å². The zero-order valence-electron chi connectivity index (χ0n) is 11.8. The molecule has 0 aliphatic carbocycles. The molecule has 0 saturated carbocycles. The fourth-order valence-electron chi connectivity index (χ4n) is 2.31. The first-order valence-electron chi connectivity index (χ1n) is 6.93. The van der Waals surface area contributed by atoms with Gasteiger partial charge in [-0.3, -0.25) is 4.79 Å². The van der Waals surface area contributed by atoms with Crippen molar-refractivity contribution in [2.24, 2.45) is 0 Å². The molecule has 1 aliphatic rings. The van der Waals surface area contributed by atoms with Crippen molar-refractivity contribution in [2.45, 2.75) is 6.04 Å². The van der Waals surface area contributed by atoms with Crippen molar-refractivity contribution < 1.29 is 14.6 Å². The van der Waals surface area contributed by atoms with Gasteiger partial charge in [0.15, 0.2) is 18.1 Å². The van der Waals surface area contributed by atoms with Crippen molar-refractivity contribution in [3.05, 3.63) is 40.8 Å². The van der Waals surface area contributed by atoms with E-state index in [0.717, 1.165) is 16.5 Å². The van der Waals surface area contributed by atoms with E-state index in [1.165, 1.54) is 6.07 Å². The van der Waals surface area contributed by atoms with Gasteiger partial charge in [-0.15, -0.1) is 11.3 Å². The third-order valence-corrected chi connectivity index (χ3v) is 5.30. The number of nitrogens with zero attached hydrogens (tertiary/aromatic N) is 2. The standard InChI is InChI=1S/C15H16N2O3S2/c18-12-3-1-2-4-13(12)20-9-14(19)17-6-8-21-10-11(17)15-16-5-7-22-15/h1-5,7,11,18H,6,8-10H2/t11-/m1/s1. The molecule has 1 amide bonds. The number of phenolic OH excluding ortho intramolecular Hbond substituents is 1. The molecule has 1 aromatic carbocycles. The van der Waals surface area contributed by atoms with Crippen LogP contribution in [0.2, 0.25) is 0 Å². The van der Waals surface area contributed by atoms with Crippen LogP contribution in [0.15, 0.2) is 35.8 Å².